The number of unbranched alkanes of at least 4 members (excludes halogenated alkanes) is 1. The molecule has 4 nitrogen and oxygen atoms in total. The molecule has 0 fully saturated rings. The highest BCUT2D eigenvalue weighted by Crippen LogP contribution is 2.34. The fourth-order valence-electron chi connectivity index (χ4n) is 1.38. The van der Waals surface area contributed by atoms with Crippen molar-refractivity contribution in [2.45, 2.75) is 19.8 Å². The summed E-state index contributed by atoms with van der Waals surface area (Å²) in [5.41, 5.74) is 0.315. The lowest BCUT2D eigenvalue weighted by Crippen LogP contribution is -2.05. The van der Waals surface area contributed by atoms with E-state index >= 15 is 0 Å². The van der Waals surface area contributed by atoms with Crippen molar-refractivity contribution < 1.29 is 19.0 Å². The Balaban J connectivity index is 2.93. The van der Waals surface area contributed by atoms with Gasteiger partial charge in [-0.1, -0.05) is 24.9 Å². The molecule has 0 radical (unpaired) electrons. The highest BCUT2D eigenvalue weighted by Gasteiger charge is 2.14. The third kappa shape index (κ3) is 3.89. The molecule has 0 atom stereocenters. The van der Waals surface area contributed by atoms with Gasteiger partial charge in [-0.2, -0.15) is 0 Å². The summed E-state index contributed by atoms with van der Waals surface area (Å²) in [6.07, 6.45) is 2.63. The molecule has 0 aliphatic heterocycles. The van der Waals surface area contributed by atoms with E-state index in [4.69, 9.17) is 25.8 Å². The average Bonchev–Trinajstić information content (AvgIpc) is 2.38. The van der Waals surface area contributed by atoms with Crippen molar-refractivity contribution >= 4 is 17.9 Å². The van der Waals surface area contributed by atoms with Gasteiger partial charge in [0.25, 0.3) is 0 Å². The molecule has 1 aromatic rings. The second-order valence-electron chi connectivity index (χ2n) is 3.66. The summed E-state index contributed by atoms with van der Waals surface area (Å²) in [4.78, 5) is 11.1. The number of ether oxygens (including phenoxy) is 3. The van der Waals surface area contributed by atoms with Crippen LogP contribution in [0.5, 0.6) is 11.5 Å². The third-order valence-corrected chi connectivity index (χ3v) is 2.60. The number of hydrogen-bond acceptors (Lipinski definition) is 4. The summed E-state index contributed by atoms with van der Waals surface area (Å²) in [6.45, 7) is 2.65. The molecule has 100 valence electrons. The lowest BCUT2D eigenvalue weighted by Gasteiger charge is -2.13. The predicted octanol–water partition coefficient (Wildman–Crippen LogP) is 3.31. The van der Waals surface area contributed by atoms with Crippen LogP contribution in [-0.2, 0) is 4.74 Å². The maximum absolute atomic E-state index is 11.1. The Morgan fingerprint density at radius 2 is 2.11 bits per heavy atom. The number of carbonyl (C=O) groups is 1. The van der Waals surface area contributed by atoms with Gasteiger partial charge in [0, 0.05) is 7.11 Å². The summed E-state index contributed by atoms with van der Waals surface area (Å²) < 4.78 is 15.6. The van der Waals surface area contributed by atoms with Gasteiger partial charge in [0.05, 0.1) is 17.2 Å². The Morgan fingerprint density at radius 1 is 1.33 bits per heavy atom. The van der Waals surface area contributed by atoms with E-state index in [1.807, 2.05) is 0 Å². The third-order valence-electron chi connectivity index (χ3n) is 2.30. The fraction of sp³-hybridized carbons (Fsp3) is 0.462. The molecule has 0 spiro atoms. The number of benzene rings is 1. The molecular formula is C13H17ClO4. The van der Waals surface area contributed by atoms with E-state index < -0.39 is 0 Å². The summed E-state index contributed by atoms with van der Waals surface area (Å²) in [7, 11) is 1.50. The van der Waals surface area contributed by atoms with Crippen LogP contribution in [0.3, 0.4) is 0 Å². The van der Waals surface area contributed by atoms with Crippen LogP contribution < -0.4 is 9.47 Å². The summed E-state index contributed by atoms with van der Waals surface area (Å²) in [6, 6.07) is 3.31. The van der Waals surface area contributed by atoms with Crippen molar-refractivity contribution in [3.63, 3.8) is 0 Å². The first kappa shape index (κ1) is 14.8. The Hall–Kier alpha value is -1.26. The van der Waals surface area contributed by atoms with Gasteiger partial charge in [0.2, 0.25) is 0 Å². The minimum absolute atomic E-state index is 0.0268. The van der Waals surface area contributed by atoms with Gasteiger partial charge in [-0.15, -0.1) is 0 Å². The summed E-state index contributed by atoms with van der Waals surface area (Å²) >= 11 is 5.98. The van der Waals surface area contributed by atoms with E-state index in [0.717, 1.165) is 12.8 Å². The number of carbonyl (C=O) groups excluding carboxylic acids is 1. The van der Waals surface area contributed by atoms with E-state index in [1.165, 1.54) is 7.11 Å². The minimum Gasteiger partial charge on any atom is -0.493 e. The topological polar surface area (TPSA) is 44.8 Å². The molecule has 0 heterocycles. The molecule has 18 heavy (non-hydrogen) atoms. The monoisotopic (exact) mass is 272 g/mol. The Bertz CT molecular complexity index is 393. The molecule has 0 saturated heterocycles. The van der Waals surface area contributed by atoms with Crippen LogP contribution in [0.15, 0.2) is 12.1 Å². The van der Waals surface area contributed by atoms with Crippen molar-refractivity contribution in [3.05, 3.63) is 22.7 Å². The zero-order valence-electron chi connectivity index (χ0n) is 10.6. The van der Waals surface area contributed by atoms with E-state index in [9.17, 15) is 4.79 Å². The molecule has 0 N–H and O–H groups in total. The van der Waals surface area contributed by atoms with E-state index in [1.54, 1.807) is 12.1 Å². The van der Waals surface area contributed by atoms with Gasteiger partial charge in [0.15, 0.2) is 18.8 Å². The van der Waals surface area contributed by atoms with Crippen LogP contribution in [0.4, 0.5) is 0 Å². The van der Waals surface area contributed by atoms with Crippen LogP contribution >= 0.6 is 11.6 Å². The summed E-state index contributed by atoms with van der Waals surface area (Å²) in [5, 5.41) is 0.358. The van der Waals surface area contributed by atoms with Gasteiger partial charge in [0.1, 0.15) is 5.75 Å². The zero-order chi connectivity index (χ0) is 13.4. The second kappa shape index (κ2) is 7.95. The molecule has 0 aromatic heterocycles. The van der Waals surface area contributed by atoms with Gasteiger partial charge < -0.3 is 14.2 Å². The molecule has 0 aliphatic rings. The number of methoxy groups -OCH3 is 1. The lowest BCUT2D eigenvalue weighted by molar-refractivity contribution is 0.0504. The first-order chi connectivity index (χ1) is 8.74. The van der Waals surface area contributed by atoms with Crippen molar-refractivity contribution in [1.29, 1.82) is 0 Å². The van der Waals surface area contributed by atoms with Crippen LogP contribution in [0.25, 0.3) is 0 Å². The molecule has 1 rings (SSSR count). The molecule has 5 heteroatoms. The molecule has 0 unspecified atom stereocenters. The van der Waals surface area contributed by atoms with Gasteiger partial charge in [-0.25, -0.2) is 0 Å². The highest BCUT2D eigenvalue weighted by atomic mass is 35.5. The van der Waals surface area contributed by atoms with Crippen LogP contribution in [-0.4, -0.2) is 26.8 Å². The van der Waals surface area contributed by atoms with Crippen molar-refractivity contribution in [1.82, 2.24) is 0 Å². The lowest BCUT2D eigenvalue weighted by atomic mass is 10.2. The molecule has 1 aromatic carbocycles. The molecule has 0 aliphatic carbocycles. The Labute approximate surface area is 112 Å². The smallest absolute Gasteiger partial charge is 0.188 e. The largest absolute Gasteiger partial charge is 0.493 e. The van der Waals surface area contributed by atoms with Crippen LogP contribution in [0.2, 0.25) is 5.02 Å². The quantitative estimate of drug-likeness (QED) is 0.414. The van der Waals surface area contributed by atoms with E-state index in [-0.39, 0.29) is 6.79 Å². The van der Waals surface area contributed by atoms with Crippen molar-refractivity contribution in [2.75, 3.05) is 20.5 Å². The van der Waals surface area contributed by atoms with Crippen molar-refractivity contribution in [3.8, 4) is 11.5 Å². The van der Waals surface area contributed by atoms with Gasteiger partial charge >= 0.3 is 0 Å². The van der Waals surface area contributed by atoms with Gasteiger partial charge in [-0.05, 0) is 18.6 Å². The number of halogens is 1. The second-order valence-corrected chi connectivity index (χ2v) is 4.07. The highest BCUT2D eigenvalue weighted by molar-refractivity contribution is 6.32. The van der Waals surface area contributed by atoms with Crippen molar-refractivity contribution in [2.24, 2.45) is 0 Å². The minimum atomic E-state index is 0.0268. The number of hydrogen-bond donors (Lipinski definition) is 0. The molecule has 0 saturated carbocycles. The maximum Gasteiger partial charge on any atom is 0.188 e. The van der Waals surface area contributed by atoms with Crippen LogP contribution in [0.1, 0.15) is 30.1 Å². The predicted molar refractivity (Wildman–Crippen MR) is 69.7 cm³/mol. The standard InChI is InChI=1S/C13H17ClO4/c1-3-4-7-17-12-6-5-11(14)13(10(12)8-15)18-9-16-2/h5-6,8H,3-4,7,9H2,1-2H3. The number of aldehydes is 1. The van der Waals surface area contributed by atoms with Crippen LogP contribution in [0, 0.1) is 0 Å². The van der Waals surface area contributed by atoms with Gasteiger partial charge in [-0.3, -0.25) is 4.79 Å². The molecular weight excluding hydrogens is 256 g/mol. The first-order valence-electron chi connectivity index (χ1n) is 5.76. The zero-order valence-corrected chi connectivity index (χ0v) is 11.3. The normalized spacial score (nSPS) is 10.2. The molecule has 0 bridgehead atoms. The Morgan fingerprint density at radius 3 is 2.72 bits per heavy atom. The number of rotatable bonds is 8. The fourth-order valence-corrected chi connectivity index (χ4v) is 1.60. The Kier molecular flexibility index (Phi) is 6.54. The maximum atomic E-state index is 11.1. The molecule has 0 amide bonds. The summed E-state index contributed by atoms with van der Waals surface area (Å²) in [5.74, 6) is 0.775. The van der Waals surface area contributed by atoms with E-state index in [0.29, 0.717) is 35.0 Å². The van der Waals surface area contributed by atoms with E-state index in [2.05, 4.69) is 6.92 Å². The SMILES string of the molecule is CCCCOc1ccc(Cl)c(OCOC)c1C=O. The average molecular weight is 273 g/mol. The first-order valence-corrected chi connectivity index (χ1v) is 6.14.